The molecule has 0 radical (unpaired) electrons. The van der Waals surface area contributed by atoms with Crippen LogP contribution in [0.2, 0.25) is 0 Å². The fourth-order valence-electron chi connectivity index (χ4n) is 2.05. The first-order valence-electron chi connectivity index (χ1n) is 5.16. The van der Waals surface area contributed by atoms with Gasteiger partial charge >= 0.3 is 5.97 Å². The van der Waals surface area contributed by atoms with Gasteiger partial charge in [0.1, 0.15) is 0 Å². The van der Waals surface area contributed by atoms with Crippen LogP contribution in [0.15, 0.2) is 0 Å². The molecule has 0 aliphatic heterocycles. The lowest BCUT2D eigenvalue weighted by atomic mass is 10.1. The third-order valence-electron chi connectivity index (χ3n) is 2.80. The first-order chi connectivity index (χ1) is 6.22. The average molecular weight is 185 g/mol. The highest BCUT2D eigenvalue weighted by Crippen LogP contribution is 2.25. The molecule has 0 amide bonds. The molecular formula is C10H19NO2. The third-order valence-corrected chi connectivity index (χ3v) is 2.80. The number of aliphatic carboxylic acids is 1. The molecule has 0 heterocycles. The minimum Gasteiger partial charge on any atom is -0.480 e. The highest BCUT2D eigenvalue weighted by Gasteiger charge is 2.18. The zero-order valence-corrected chi connectivity index (χ0v) is 8.33. The summed E-state index contributed by atoms with van der Waals surface area (Å²) in [7, 11) is 0. The molecule has 0 aromatic carbocycles. The lowest BCUT2D eigenvalue weighted by Crippen LogP contribution is -2.33. The van der Waals surface area contributed by atoms with Crippen LogP contribution in [0.4, 0.5) is 0 Å². The topological polar surface area (TPSA) is 40.5 Å². The summed E-state index contributed by atoms with van der Waals surface area (Å²) in [5.74, 6) is 0.0409. The van der Waals surface area contributed by atoms with E-state index in [9.17, 15) is 4.79 Å². The Hall–Kier alpha value is -0.570. The van der Waals surface area contributed by atoms with Gasteiger partial charge in [-0.1, -0.05) is 19.8 Å². The van der Waals surface area contributed by atoms with Crippen LogP contribution in [0.25, 0.3) is 0 Å². The van der Waals surface area contributed by atoms with E-state index in [1.54, 1.807) is 0 Å². The maximum Gasteiger partial charge on any atom is 0.317 e. The van der Waals surface area contributed by atoms with Crippen LogP contribution in [-0.4, -0.2) is 35.6 Å². The molecule has 13 heavy (non-hydrogen) atoms. The molecule has 76 valence electrons. The summed E-state index contributed by atoms with van der Waals surface area (Å²) in [6.07, 6.45) is 5.23. The van der Waals surface area contributed by atoms with E-state index < -0.39 is 5.97 Å². The van der Waals surface area contributed by atoms with Crippen molar-refractivity contribution >= 4 is 5.97 Å². The van der Waals surface area contributed by atoms with Gasteiger partial charge in [-0.3, -0.25) is 9.69 Å². The monoisotopic (exact) mass is 185 g/mol. The van der Waals surface area contributed by atoms with Crippen molar-refractivity contribution in [2.24, 2.45) is 5.92 Å². The predicted octanol–water partition coefficient (Wildman–Crippen LogP) is 1.58. The normalized spacial score (nSPS) is 18.3. The molecule has 0 saturated heterocycles. The van der Waals surface area contributed by atoms with Crippen molar-refractivity contribution in [1.29, 1.82) is 0 Å². The number of nitrogens with zero attached hydrogens (tertiary/aromatic N) is 1. The highest BCUT2D eigenvalue weighted by atomic mass is 16.4. The average Bonchev–Trinajstić information content (AvgIpc) is 2.55. The van der Waals surface area contributed by atoms with Crippen molar-refractivity contribution in [3.8, 4) is 0 Å². The van der Waals surface area contributed by atoms with Crippen molar-refractivity contribution in [3.05, 3.63) is 0 Å². The molecule has 1 fully saturated rings. The predicted molar refractivity (Wildman–Crippen MR) is 51.7 cm³/mol. The highest BCUT2D eigenvalue weighted by molar-refractivity contribution is 5.69. The van der Waals surface area contributed by atoms with Gasteiger partial charge in [0.2, 0.25) is 0 Å². The van der Waals surface area contributed by atoms with Gasteiger partial charge in [-0.15, -0.1) is 0 Å². The van der Waals surface area contributed by atoms with Crippen molar-refractivity contribution in [1.82, 2.24) is 4.90 Å². The molecule has 1 aliphatic rings. The smallest absolute Gasteiger partial charge is 0.317 e. The second kappa shape index (κ2) is 5.22. The van der Waals surface area contributed by atoms with E-state index in [1.165, 1.54) is 25.7 Å². The maximum absolute atomic E-state index is 10.5. The molecule has 1 aliphatic carbocycles. The zero-order chi connectivity index (χ0) is 9.68. The van der Waals surface area contributed by atoms with E-state index in [1.807, 2.05) is 11.8 Å². The van der Waals surface area contributed by atoms with Gasteiger partial charge in [-0.05, 0) is 25.3 Å². The number of rotatable bonds is 5. The number of likely N-dealkylation sites (N-methyl/N-ethyl adjacent to an activating group) is 1. The molecule has 0 atom stereocenters. The molecular weight excluding hydrogens is 166 g/mol. The largest absolute Gasteiger partial charge is 0.480 e. The number of carboxylic acids is 1. The van der Waals surface area contributed by atoms with Crippen molar-refractivity contribution in [2.75, 3.05) is 19.6 Å². The van der Waals surface area contributed by atoms with Crippen LogP contribution in [0.3, 0.4) is 0 Å². The van der Waals surface area contributed by atoms with Gasteiger partial charge in [0.25, 0.3) is 0 Å². The Morgan fingerprint density at radius 3 is 2.54 bits per heavy atom. The van der Waals surface area contributed by atoms with Gasteiger partial charge in [0.15, 0.2) is 0 Å². The SMILES string of the molecule is CCN(CC(=O)O)CC1CCCC1. The van der Waals surface area contributed by atoms with Gasteiger partial charge < -0.3 is 5.11 Å². The Morgan fingerprint density at radius 1 is 1.46 bits per heavy atom. The molecule has 3 heteroatoms. The minimum atomic E-state index is -0.708. The molecule has 0 spiro atoms. The van der Waals surface area contributed by atoms with Crippen LogP contribution >= 0.6 is 0 Å². The van der Waals surface area contributed by atoms with Gasteiger partial charge in [-0.25, -0.2) is 0 Å². The van der Waals surface area contributed by atoms with E-state index >= 15 is 0 Å². The van der Waals surface area contributed by atoms with E-state index in [0.717, 1.165) is 19.0 Å². The molecule has 1 rings (SSSR count). The summed E-state index contributed by atoms with van der Waals surface area (Å²) in [4.78, 5) is 12.5. The fourth-order valence-corrected chi connectivity index (χ4v) is 2.05. The molecule has 0 unspecified atom stereocenters. The van der Waals surface area contributed by atoms with Crippen LogP contribution in [0.1, 0.15) is 32.6 Å². The van der Waals surface area contributed by atoms with Gasteiger partial charge in [0.05, 0.1) is 6.54 Å². The molecule has 3 nitrogen and oxygen atoms in total. The van der Waals surface area contributed by atoms with Crippen LogP contribution in [-0.2, 0) is 4.79 Å². The summed E-state index contributed by atoms with van der Waals surface area (Å²) in [6.45, 7) is 4.05. The van der Waals surface area contributed by atoms with E-state index in [-0.39, 0.29) is 6.54 Å². The molecule has 1 saturated carbocycles. The van der Waals surface area contributed by atoms with Crippen LogP contribution in [0.5, 0.6) is 0 Å². The summed E-state index contributed by atoms with van der Waals surface area (Å²) in [5.41, 5.74) is 0. The zero-order valence-electron chi connectivity index (χ0n) is 8.33. The van der Waals surface area contributed by atoms with Gasteiger partial charge in [-0.2, -0.15) is 0 Å². The summed E-state index contributed by atoms with van der Waals surface area (Å²) in [6, 6.07) is 0. The third kappa shape index (κ3) is 3.77. The fraction of sp³-hybridized carbons (Fsp3) is 0.900. The van der Waals surface area contributed by atoms with Crippen LogP contribution in [0, 0.1) is 5.92 Å². The lowest BCUT2D eigenvalue weighted by Gasteiger charge is -2.21. The molecule has 1 N–H and O–H groups in total. The maximum atomic E-state index is 10.5. The van der Waals surface area contributed by atoms with Crippen molar-refractivity contribution in [3.63, 3.8) is 0 Å². The summed E-state index contributed by atoms with van der Waals surface area (Å²) < 4.78 is 0. The number of hydrogen-bond acceptors (Lipinski definition) is 2. The second-order valence-electron chi connectivity index (χ2n) is 3.87. The Bertz CT molecular complexity index is 164. The minimum absolute atomic E-state index is 0.201. The Morgan fingerprint density at radius 2 is 2.08 bits per heavy atom. The lowest BCUT2D eigenvalue weighted by molar-refractivity contribution is -0.138. The second-order valence-corrected chi connectivity index (χ2v) is 3.87. The van der Waals surface area contributed by atoms with E-state index in [2.05, 4.69) is 0 Å². The first kappa shape index (κ1) is 10.5. The molecule has 0 aromatic heterocycles. The molecule has 0 aromatic rings. The number of carboxylic acid groups (broad SMARTS) is 1. The summed E-state index contributed by atoms with van der Waals surface area (Å²) in [5, 5.41) is 8.65. The van der Waals surface area contributed by atoms with Crippen molar-refractivity contribution < 1.29 is 9.90 Å². The molecule has 0 bridgehead atoms. The standard InChI is InChI=1S/C10H19NO2/c1-2-11(8-10(12)13)7-9-5-3-4-6-9/h9H,2-8H2,1H3,(H,12,13). The number of carbonyl (C=O) groups is 1. The Kier molecular flexibility index (Phi) is 4.22. The van der Waals surface area contributed by atoms with E-state index in [0.29, 0.717) is 0 Å². The number of hydrogen-bond donors (Lipinski definition) is 1. The quantitative estimate of drug-likeness (QED) is 0.707. The Labute approximate surface area is 79.7 Å². The van der Waals surface area contributed by atoms with E-state index in [4.69, 9.17) is 5.11 Å². The summed E-state index contributed by atoms with van der Waals surface area (Å²) >= 11 is 0. The van der Waals surface area contributed by atoms with Crippen molar-refractivity contribution in [2.45, 2.75) is 32.6 Å². The first-order valence-corrected chi connectivity index (χ1v) is 5.16. The Balaban J connectivity index is 2.25. The van der Waals surface area contributed by atoms with Crippen LogP contribution < -0.4 is 0 Å². The van der Waals surface area contributed by atoms with Gasteiger partial charge in [0, 0.05) is 6.54 Å².